The van der Waals surface area contributed by atoms with Crippen LogP contribution in [0.4, 0.5) is 17.5 Å². The second-order valence-electron chi connectivity index (χ2n) is 6.03. The number of hydrogen-bond acceptors (Lipinski definition) is 9. The second-order valence-corrected chi connectivity index (χ2v) is 6.46. The van der Waals surface area contributed by atoms with E-state index in [4.69, 9.17) is 11.6 Å². The fraction of sp³-hybridized carbons (Fsp3) is 0.278. The van der Waals surface area contributed by atoms with Crippen LogP contribution in [-0.2, 0) is 9.53 Å². The third-order valence-corrected chi connectivity index (χ3v) is 4.10. The van der Waals surface area contributed by atoms with Crippen LogP contribution in [0.25, 0.3) is 11.0 Å². The Kier molecular flexibility index (Phi) is 6.51. The Morgan fingerprint density at radius 2 is 2.14 bits per heavy atom. The Balaban J connectivity index is 1.70. The van der Waals surface area contributed by atoms with Crippen molar-refractivity contribution < 1.29 is 9.53 Å². The van der Waals surface area contributed by atoms with Gasteiger partial charge in [0, 0.05) is 23.8 Å². The number of anilines is 3. The van der Waals surface area contributed by atoms with Crippen LogP contribution in [0.5, 0.6) is 0 Å². The summed E-state index contributed by atoms with van der Waals surface area (Å²) in [6.07, 6.45) is 3.08. The van der Waals surface area contributed by atoms with E-state index in [2.05, 4.69) is 35.3 Å². The minimum atomic E-state index is -0.279. The minimum Gasteiger partial charge on any atom is -0.468 e. The number of benzene rings is 1. The van der Waals surface area contributed by atoms with Crippen molar-refractivity contribution >= 4 is 46.1 Å². The molecule has 0 fully saturated rings. The highest BCUT2D eigenvalue weighted by Crippen LogP contribution is 2.23. The van der Waals surface area contributed by atoms with Crippen LogP contribution >= 0.6 is 11.6 Å². The highest BCUT2D eigenvalue weighted by Gasteiger charge is 2.09. The number of rotatable bonds is 8. The van der Waals surface area contributed by atoms with Crippen LogP contribution in [-0.4, -0.2) is 64.6 Å². The molecule has 0 radical (unpaired) electrons. The monoisotopic (exact) mass is 401 g/mol. The second kappa shape index (κ2) is 9.25. The molecule has 146 valence electrons. The van der Waals surface area contributed by atoms with Gasteiger partial charge in [-0.05, 0) is 25.2 Å². The van der Waals surface area contributed by atoms with Crippen molar-refractivity contribution in [2.24, 2.45) is 0 Å². The van der Waals surface area contributed by atoms with Gasteiger partial charge in [0.2, 0.25) is 5.95 Å². The lowest BCUT2D eigenvalue weighted by atomic mass is 10.3. The minimum absolute atomic E-state index is 0.221. The van der Waals surface area contributed by atoms with Gasteiger partial charge in [-0.1, -0.05) is 17.7 Å². The zero-order chi connectivity index (χ0) is 19.9. The molecule has 0 unspecified atom stereocenters. The Labute approximate surface area is 167 Å². The lowest BCUT2D eigenvalue weighted by Crippen LogP contribution is -2.31. The number of esters is 1. The standard InChI is InChI=1S/C18H20ClN7O2/c1-26(10-15(27)28-2)7-6-20-18-21-9-14-16(25-18)17(23-11-22-14)24-13-5-3-4-12(19)8-13/h3-5,8-9,11H,6-7,10H2,1-2H3,(H,20,21,25)(H,22,23,24). The van der Waals surface area contributed by atoms with Crippen molar-refractivity contribution in [1.82, 2.24) is 24.8 Å². The van der Waals surface area contributed by atoms with Crippen molar-refractivity contribution in [3.05, 3.63) is 41.8 Å². The summed E-state index contributed by atoms with van der Waals surface area (Å²) in [7, 11) is 3.20. The molecule has 1 aromatic carbocycles. The van der Waals surface area contributed by atoms with Crippen molar-refractivity contribution in [2.75, 3.05) is 44.4 Å². The molecule has 2 N–H and O–H groups in total. The van der Waals surface area contributed by atoms with Gasteiger partial charge in [-0.3, -0.25) is 9.69 Å². The number of carbonyl (C=O) groups excluding carboxylic acids is 1. The van der Waals surface area contributed by atoms with E-state index in [1.165, 1.54) is 13.4 Å². The number of ether oxygens (including phenoxy) is 1. The molecule has 3 rings (SSSR count). The molecule has 0 aliphatic rings. The number of carbonyl (C=O) groups is 1. The van der Waals surface area contributed by atoms with Gasteiger partial charge in [0.1, 0.15) is 17.4 Å². The Morgan fingerprint density at radius 1 is 1.29 bits per heavy atom. The lowest BCUT2D eigenvalue weighted by Gasteiger charge is -2.15. The molecule has 9 nitrogen and oxygen atoms in total. The fourth-order valence-electron chi connectivity index (χ4n) is 2.46. The first-order chi connectivity index (χ1) is 13.5. The molecule has 0 aliphatic heterocycles. The summed E-state index contributed by atoms with van der Waals surface area (Å²) in [6, 6.07) is 7.33. The first-order valence-corrected chi connectivity index (χ1v) is 8.92. The Morgan fingerprint density at radius 3 is 2.93 bits per heavy atom. The van der Waals surface area contributed by atoms with Crippen LogP contribution in [0, 0.1) is 0 Å². The summed E-state index contributed by atoms with van der Waals surface area (Å²) in [5.74, 6) is 0.724. The molecular formula is C18H20ClN7O2. The summed E-state index contributed by atoms with van der Waals surface area (Å²) in [5.41, 5.74) is 2.00. The van der Waals surface area contributed by atoms with E-state index >= 15 is 0 Å². The molecule has 2 aromatic heterocycles. The number of nitrogens with one attached hydrogen (secondary N) is 2. The van der Waals surface area contributed by atoms with E-state index in [-0.39, 0.29) is 12.5 Å². The molecule has 0 spiro atoms. The molecule has 0 aliphatic carbocycles. The predicted octanol–water partition coefficient (Wildman–Crippen LogP) is 2.33. The zero-order valence-corrected chi connectivity index (χ0v) is 16.3. The molecule has 3 aromatic rings. The summed E-state index contributed by atoms with van der Waals surface area (Å²) < 4.78 is 4.65. The van der Waals surface area contributed by atoms with Gasteiger partial charge in [-0.2, -0.15) is 0 Å². The van der Waals surface area contributed by atoms with Gasteiger partial charge in [-0.25, -0.2) is 19.9 Å². The number of fused-ring (bicyclic) bond motifs is 1. The maximum atomic E-state index is 11.3. The van der Waals surface area contributed by atoms with Gasteiger partial charge in [0.15, 0.2) is 5.82 Å². The van der Waals surface area contributed by atoms with E-state index in [1.54, 1.807) is 18.3 Å². The average Bonchev–Trinajstić information content (AvgIpc) is 2.68. The van der Waals surface area contributed by atoms with E-state index in [1.807, 2.05) is 24.1 Å². The zero-order valence-electron chi connectivity index (χ0n) is 15.5. The summed E-state index contributed by atoms with van der Waals surface area (Å²) in [6.45, 7) is 1.40. The molecule has 0 amide bonds. The van der Waals surface area contributed by atoms with Crippen molar-refractivity contribution in [2.45, 2.75) is 0 Å². The summed E-state index contributed by atoms with van der Waals surface area (Å²) >= 11 is 6.04. The number of methoxy groups -OCH3 is 1. The molecular weight excluding hydrogens is 382 g/mol. The number of likely N-dealkylation sites (N-methyl/N-ethyl adjacent to an activating group) is 1. The van der Waals surface area contributed by atoms with Gasteiger partial charge < -0.3 is 15.4 Å². The summed E-state index contributed by atoms with van der Waals surface area (Å²) in [5, 5.41) is 6.96. The Hall–Kier alpha value is -3.04. The number of aromatic nitrogens is 4. The van der Waals surface area contributed by atoms with E-state index in [0.717, 1.165) is 5.69 Å². The van der Waals surface area contributed by atoms with Gasteiger partial charge >= 0.3 is 5.97 Å². The molecule has 2 heterocycles. The number of nitrogens with zero attached hydrogens (tertiary/aromatic N) is 5. The normalized spacial score (nSPS) is 10.9. The van der Waals surface area contributed by atoms with Crippen LogP contribution in [0.1, 0.15) is 0 Å². The fourth-order valence-corrected chi connectivity index (χ4v) is 2.65. The highest BCUT2D eigenvalue weighted by atomic mass is 35.5. The molecule has 28 heavy (non-hydrogen) atoms. The van der Waals surface area contributed by atoms with Crippen LogP contribution in [0.3, 0.4) is 0 Å². The topological polar surface area (TPSA) is 105 Å². The maximum Gasteiger partial charge on any atom is 0.319 e. The first-order valence-electron chi connectivity index (χ1n) is 8.54. The Bertz CT molecular complexity index is 970. The van der Waals surface area contributed by atoms with Gasteiger partial charge in [0.05, 0.1) is 19.9 Å². The SMILES string of the molecule is COC(=O)CN(C)CCNc1ncc2ncnc(Nc3cccc(Cl)c3)c2n1. The van der Waals surface area contributed by atoms with Gasteiger partial charge in [-0.15, -0.1) is 0 Å². The average molecular weight is 402 g/mol. The molecule has 0 atom stereocenters. The molecule has 0 saturated heterocycles. The first kappa shape index (κ1) is 19.7. The number of hydrogen-bond donors (Lipinski definition) is 2. The quantitative estimate of drug-likeness (QED) is 0.550. The van der Waals surface area contributed by atoms with Crippen molar-refractivity contribution in [1.29, 1.82) is 0 Å². The van der Waals surface area contributed by atoms with Crippen LogP contribution in [0.15, 0.2) is 36.8 Å². The van der Waals surface area contributed by atoms with Crippen LogP contribution in [0.2, 0.25) is 5.02 Å². The molecule has 0 saturated carbocycles. The molecule has 10 heteroatoms. The van der Waals surface area contributed by atoms with Crippen molar-refractivity contribution in [3.63, 3.8) is 0 Å². The summed E-state index contributed by atoms with van der Waals surface area (Å²) in [4.78, 5) is 30.4. The highest BCUT2D eigenvalue weighted by molar-refractivity contribution is 6.30. The van der Waals surface area contributed by atoms with Crippen molar-refractivity contribution in [3.8, 4) is 0 Å². The van der Waals surface area contributed by atoms with Gasteiger partial charge in [0.25, 0.3) is 0 Å². The largest absolute Gasteiger partial charge is 0.468 e. The van der Waals surface area contributed by atoms with E-state index < -0.39 is 0 Å². The lowest BCUT2D eigenvalue weighted by molar-refractivity contribution is -0.141. The third kappa shape index (κ3) is 5.24. The molecule has 0 bridgehead atoms. The predicted molar refractivity (Wildman–Crippen MR) is 108 cm³/mol. The van der Waals surface area contributed by atoms with E-state index in [0.29, 0.717) is 40.9 Å². The third-order valence-electron chi connectivity index (χ3n) is 3.87. The maximum absolute atomic E-state index is 11.3. The van der Waals surface area contributed by atoms with E-state index in [9.17, 15) is 4.79 Å². The van der Waals surface area contributed by atoms with Crippen LogP contribution < -0.4 is 10.6 Å². The smallest absolute Gasteiger partial charge is 0.319 e. The number of halogens is 1.